The van der Waals surface area contributed by atoms with Crippen molar-refractivity contribution in [3.63, 3.8) is 0 Å². The van der Waals surface area contributed by atoms with Gasteiger partial charge in [-0.25, -0.2) is 9.78 Å². The predicted octanol–water partition coefficient (Wildman–Crippen LogP) is 7.48. The van der Waals surface area contributed by atoms with Crippen LogP contribution in [0, 0.1) is 0 Å². The molecular formula is C29H29Cl2N3O3. The van der Waals surface area contributed by atoms with Crippen molar-refractivity contribution in [2.75, 3.05) is 7.11 Å². The number of esters is 1. The van der Waals surface area contributed by atoms with Gasteiger partial charge in [0.2, 0.25) is 0 Å². The van der Waals surface area contributed by atoms with Crippen LogP contribution in [0.25, 0.3) is 11.3 Å². The fourth-order valence-corrected chi connectivity index (χ4v) is 4.52. The summed E-state index contributed by atoms with van der Waals surface area (Å²) >= 11 is 12.5. The summed E-state index contributed by atoms with van der Waals surface area (Å²) in [6.45, 7) is 2.99. The highest BCUT2D eigenvalue weighted by Gasteiger charge is 2.18. The van der Waals surface area contributed by atoms with Gasteiger partial charge in [-0.2, -0.15) is 0 Å². The molecule has 0 amide bonds. The van der Waals surface area contributed by atoms with Crippen LogP contribution < -0.4 is 10.5 Å². The lowest BCUT2D eigenvalue weighted by Crippen LogP contribution is -2.19. The molecular weight excluding hydrogens is 509 g/mol. The zero-order valence-electron chi connectivity index (χ0n) is 20.8. The van der Waals surface area contributed by atoms with Gasteiger partial charge in [-0.3, -0.25) is 0 Å². The molecule has 37 heavy (non-hydrogen) atoms. The molecule has 3 aromatic carbocycles. The van der Waals surface area contributed by atoms with Crippen LogP contribution in [0.4, 0.5) is 0 Å². The van der Waals surface area contributed by atoms with Gasteiger partial charge in [-0.1, -0.05) is 48.7 Å². The average Bonchev–Trinajstić information content (AvgIpc) is 3.32. The van der Waals surface area contributed by atoms with Crippen LogP contribution in [0.3, 0.4) is 0 Å². The van der Waals surface area contributed by atoms with Gasteiger partial charge in [0, 0.05) is 23.3 Å². The third-order valence-electron chi connectivity index (χ3n) is 5.99. The first-order chi connectivity index (χ1) is 17.9. The summed E-state index contributed by atoms with van der Waals surface area (Å²) in [7, 11) is 1.35. The minimum atomic E-state index is -0.383. The molecule has 1 heterocycles. The van der Waals surface area contributed by atoms with Crippen molar-refractivity contribution in [3.05, 3.63) is 99.9 Å². The number of hydrogen-bond donors (Lipinski definition) is 1. The molecule has 0 unspecified atom stereocenters. The van der Waals surface area contributed by atoms with Gasteiger partial charge in [0.05, 0.1) is 29.4 Å². The van der Waals surface area contributed by atoms with Crippen molar-refractivity contribution in [2.24, 2.45) is 5.73 Å². The fraction of sp³-hybridized carbons (Fsp3) is 0.241. The molecule has 0 spiro atoms. The first kappa shape index (κ1) is 26.7. The van der Waals surface area contributed by atoms with Gasteiger partial charge in [0.1, 0.15) is 17.3 Å². The van der Waals surface area contributed by atoms with Crippen LogP contribution in [0.5, 0.6) is 11.5 Å². The molecule has 1 atom stereocenters. The first-order valence-corrected chi connectivity index (χ1v) is 12.9. The number of nitrogens with two attached hydrogens (primary N) is 1. The first-order valence-electron chi connectivity index (χ1n) is 12.1. The average molecular weight is 538 g/mol. The number of aromatic nitrogens is 2. The molecule has 4 aromatic rings. The van der Waals surface area contributed by atoms with Gasteiger partial charge < -0.3 is 19.8 Å². The van der Waals surface area contributed by atoms with E-state index in [1.54, 1.807) is 30.3 Å². The third kappa shape index (κ3) is 6.72. The maximum Gasteiger partial charge on any atom is 0.337 e. The molecule has 192 valence electrons. The van der Waals surface area contributed by atoms with Crippen molar-refractivity contribution in [2.45, 2.75) is 38.8 Å². The van der Waals surface area contributed by atoms with Gasteiger partial charge >= 0.3 is 5.97 Å². The van der Waals surface area contributed by atoms with Crippen LogP contribution in [-0.2, 0) is 17.7 Å². The molecule has 0 aliphatic heterocycles. The van der Waals surface area contributed by atoms with Crippen LogP contribution in [0.1, 0.15) is 47.6 Å². The van der Waals surface area contributed by atoms with Crippen LogP contribution in [0.15, 0.2) is 72.9 Å². The van der Waals surface area contributed by atoms with E-state index in [1.807, 2.05) is 42.6 Å². The van der Waals surface area contributed by atoms with Crippen molar-refractivity contribution in [1.29, 1.82) is 0 Å². The minimum absolute atomic E-state index is 0.297. The Hall–Kier alpha value is -3.32. The van der Waals surface area contributed by atoms with Gasteiger partial charge in [0.25, 0.3) is 0 Å². The standard InChI is InChI=1S/C29H29Cl2N3O3/c1-3-4-15-34-18-27(24-14-9-21(30)17-25(24)31)33-28(34)26(32)16-19-5-10-22(11-6-19)37-23-12-7-20(8-13-23)29(35)36-2/h5-14,17-18,26H,3-4,15-16,32H2,1-2H3/t26-/m0/s1. The molecule has 1 aromatic heterocycles. The van der Waals surface area contributed by atoms with Crippen molar-refractivity contribution in [3.8, 4) is 22.8 Å². The second kappa shape index (κ2) is 12.3. The maximum absolute atomic E-state index is 11.6. The summed E-state index contributed by atoms with van der Waals surface area (Å²) in [5.41, 5.74) is 9.81. The zero-order valence-corrected chi connectivity index (χ0v) is 22.3. The smallest absolute Gasteiger partial charge is 0.337 e. The third-order valence-corrected chi connectivity index (χ3v) is 6.54. The molecule has 0 bridgehead atoms. The number of methoxy groups -OCH3 is 1. The number of carbonyl (C=O) groups excluding carboxylic acids is 1. The van der Waals surface area contributed by atoms with E-state index in [9.17, 15) is 4.79 Å². The Kier molecular flexibility index (Phi) is 8.87. The Morgan fingerprint density at radius 3 is 2.32 bits per heavy atom. The summed E-state index contributed by atoms with van der Waals surface area (Å²) in [6.07, 6.45) is 4.72. The Bertz CT molecular complexity index is 1350. The highest BCUT2D eigenvalue weighted by atomic mass is 35.5. The van der Waals surface area contributed by atoms with Crippen LogP contribution in [0.2, 0.25) is 10.0 Å². The molecule has 0 radical (unpaired) electrons. The van der Waals surface area contributed by atoms with Gasteiger partial charge in [-0.15, -0.1) is 0 Å². The topological polar surface area (TPSA) is 79.4 Å². The molecule has 2 N–H and O–H groups in total. The maximum atomic E-state index is 11.6. The number of ether oxygens (including phenoxy) is 2. The Morgan fingerprint density at radius 2 is 1.70 bits per heavy atom. The second-order valence-corrected chi connectivity index (χ2v) is 9.57. The zero-order chi connectivity index (χ0) is 26.4. The number of unbranched alkanes of at least 4 members (excludes halogenated alkanes) is 1. The summed E-state index contributed by atoms with van der Waals surface area (Å²) in [6, 6.07) is 19.7. The Morgan fingerprint density at radius 1 is 1.03 bits per heavy atom. The van der Waals surface area contributed by atoms with E-state index >= 15 is 0 Å². The molecule has 0 saturated heterocycles. The number of nitrogens with zero attached hydrogens (tertiary/aromatic N) is 2. The lowest BCUT2D eigenvalue weighted by molar-refractivity contribution is 0.0600. The highest BCUT2D eigenvalue weighted by Crippen LogP contribution is 2.31. The summed E-state index contributed by atoms with van der Waals surface area (Å²) in [4.78, 5) is 16.5. The number of aryl methyl sites for hydroxylation is 1. The molecule has 0 aliphatic carbocycles. The molecule has 0 aliphatic rings. The predicted molar refractivity (Wildman–Crippen MR) is 148 cm³/mol. The number of benzene rings is 3. The lowest BCUT2D eigenvalue weighted by Gasteiger charge is -2.14. The van der Waals surface area contributed by atoms with E-state index in [2.05, 4.69) is 11.5 Å². The quantitative estimate of drug-likeness (QED) is 0.212. The highest BCUT2D eigenvalue weighted by molar-refractivity contribution is 6.36. The Labute approximate surface area is 226 Å². The number of imidazole rings is 1. The molecule has 8 heteroatoms. The van der Waals surface area contributed by atoms with Crippen molar-refractivity contribution < 1.29 is 14.3 Å². The largest absolute Gasteiger partial charge is 0.465 e. The minimum Gasteiger partial charge on any atom is -0.465 e. The van der Waals surface area contributed by atoms with Gasteiger partial charge in [-0.05, 0) is 73.0 Å². The van der Waals surface area contributed by atoms with E-state index in [0.717, 1.165) is 42.0 Å². The number of hydrogen-bond acceptors (Lipinski definition) is 5. The monoisotopic (exact) mass is 537 g/mol. The molecule has 4 rings (SSSR count). The molecule has 0 saturated carbocycles. The lowest BCUT2D eigenvalue weighted by atomic mass is 10.1. The van der Waals surface area contributed by atoms with E-state index < -0.39 is 0 Å². The fourth-order valence-electron chi connectivity index (χ4n) is 4.01. The van der Waals surface area contributed by atoms with Crippen molar-refractivity contribution >= 4 is 29.2 Å². The Balaban J connectivity index is 1.47. The molecule has 6 nitrogen and oxygen atoms in total. The summed E-state index contributed by atoms with van der Waals surface area (Å²) < 4.78 is 12.8. The SMILES string of the molecule is CCCCn1cc(-c2ccc(Cl)cc2Cl)nc1[C@@H](N)Cc1ccc(Oc2ccc(C(=O)OC)cc2)cc1. The summed E-state index contributed by atoms with van der Waals surface area (Å²) in [5, 5.41) is 1.14. The van der Waals surface area contributed by atoms with E-state index in [-0.39, 0.29) is 12.0 Å². The van der Waals surface area contributed by atoms with E-state index in [4.69, 9.17) is 43.4 Å². The second-order valence-electron chi connectivity index (χ2n) is 8.73. The number of rotatable bonds is 10. The molecule has 0 fully saturated rings. The number of halogens is 2. The van der Waals surface area contributed by atoms with Gasteiger partial charge in [0.15, 0.2) is 0 Å². The number of carbonyl (C=O) groups is 1. The van der Waals surface area contributed by atoms with Crippen LogP contribution >= 0.6 is 23.2 Å². The van der Waals surface area contributed by atoms with E-state index in [0.29, 0.717) is 33.5 Å². The van der Waals surface area contributed by atoms with E-state index in [1.165, 1.54) is 7.11 Å². The normalized spacial score (nSPS) is 11.8. The van der Waals surface area contributed by atoms with Crippen LogP contribution in [-0.4, -0.2) is 22.6 Å². The summed E-state index contributed by atoms with van der Waals surface area (Å²) in [5.74, 6) is 1.75. The van der Waals surface area contributed by atoms with Crippen molar-refractivity contribution in [1.82, 2.24) is 9.55 Å².